The molecule has 1 N–H and O–H groups in total. The van der Waals surface area contributed by atoms with Crippen molar-refractivity contribution in [3.8, 4) is 5.69 Å². The Morgan fingerprint density at radius 3 is 2.64 bits per heavy atom. The van der Waals surface area contributed by atoms with Crippen LogP contribution in [0.1, 0.15) is 36.0 Å². The van der Waals surface area contributed by atoms with Crippen molar-refractivity contribution in [2.75, 3.05) is 26.9 Å². The molecule has 10 heteroatoms. The lowest BCUT2D eigenvalue weighted by atomic mass is 9.92. The summed E-state index contributed by atoms with van der Waals surface area (Å²) < 4.78 is 20.6. The Kier molecular flexibility index (Phi) is 8.94. The van der Waals surface area contributed by atoms with Gasteiger partial charge in [-0.2, -0.15) is 5.10 Å². The van der Waals surface area contributed by atoms with Crippen LogP contribution in [0, 0.1) is 0 Å². The summed E-state index contributed by atoms with van der Waals surface area (Å²) in [5.41, 5.74) is 2.27. The summed E-state index contributed by atoms with van der Waals surface area (Å²) in [6.07, 6.45) is 11.0. The summed E-state index contributed by atoms with van der Waals surface area (Å²) in [6, 6.07) is 5.15. The molecular weight excluding hydrogens is 474 g/mol. The zero-order valence-electron chi connectivity index (χ0n) is 21.9. The molecule has 0 aliphatic heterocycles. The molecule has 1 aliphatic rings. The van der Waals surface area contributed by atoms with Crippen LogP contribution in [0.4, 0.5) is 0 Å². The summed E-state index contributed by atoms with van der Waals surface area (Å²) in [7, 11) is 0.498. The van der Waals surface area contributed by atoms with E-state index in [0.717, 1.165) is 48.3 Å². The van der Waals surface area contributed by atoms with Crippen LogP contribution in [-0.4, -0.2) is 72.4 Å². The Morgan fingerprint density at radius 1 is 1.14 bits per heavy atom. The lowest BCUT2D eigenvalue weighted by Crippen LogP contribution is -2.39. The molecule has 2 heterocycles. The van der Waals surface area contributed by atoms with Gasteiger partial charge in [-0.3, -0.25) is 4.79 Å². The first-order chi connectivity index (χ1) is 17.3. The highest BCUT2D eigenvalue weighted by atomic mass is 28.3. The number of nitrogens with zero attached hydrogens (tertiary/aromatic N) is 4. The van der Waals surface area contributed by atoms with Crippen LogP contribution in [0.5, 0.6) is 0 Å². The summed E-state index contributed by atoms with van der Waals surface area (Å²) in [5, 5.41) is 8.73. The fraction of sp³-hybridized carbons (Fsp3) is 0.577. The zero-order valence-corrected chi connectivity index (χ0v) is 22.9. The maximum atomic E-state index is 13.6. The molecule has 1 aromatic carbocycles. The van der Waals surface area contributed by atoms with Gasteiger partial charge < -0.3 is 24.1 Å². The number of imidazole rings is 1. The predicted octanol–water partition coefficient (Wildman–Crippen LogP) is 4.24. The van der Waals surface area contributed by atoms with Crippen LogP contribution in [0.2, 0.25) is 25.7 Å². The first-order valence-corrected chi connectivity index (χ1v) is 16.5. The number of rotatable bonds is 12. The maximum Gasteiger partial charge on any atom is 0.253 e. The quantitative estimate of drug-likeness (QED) is 0.288. The number of aromatic nitrogens is 4. The van der Waals surface area contributed by atoms with E-state index in [0.29, 0.717) is 32.1 Å². The van der Waals surface area contributed by atoms with Gasteiger partial charge in [0.1, 0.15) is 6.73 Å². The number of ether oxygens (including phenoxy) is 3. The smallest absolute Gasteiger partial charge is 0.253 e. The number of carbonyl (C=O) groups excluding carboxylic acids is 1. The molecule has 0 bridgehead atoms. The van der Waals surface area contributed by atoms with Crippen LogP contribution in [0.15, 0.2) is 37.1 Å². The third-order valence-electron chi connectivity index (χ3n) is 6.63. The molecule has 0 radical (unpaired) electrons. The molecule has 2 aromatic heterocycles. The van der Waals surface area contributed by atoms with Gasteiger partial charge >= 0.3 is 0 Å². The topological polar surface area (TPSA) is 92.4 Å². The standard InChI is InChI=1S/C26H39N5O4Si/c1-33-11-12-35-23-7-5-21(6-8-23)29-26(32)24-16-22(30-10-9-27-18-30)15-20-17-28-31(25(20)24)19-34-13-14-36(2,3)4/h9-10,15-18,21,23H,5-8,11-14,19H2,1-4H3,(H,29,32). The van der Waals surface area contributed by atoms with Crippen LogP contribution < -0.4 is 5.32 Å². The first-order valence-electron chi connectivity index (χ1n) is 12.8. The second-order valence-electron chi connectivity index (χ2n) is 10.7. The second kappa shape index (κ2) is 12.1. The minimum Gasteiger partial charge on any atom is -0.382 e. The van der Waals surface area contributed by atoms with Gasteiger partial charge in [0.25, 0.3) is 5.91 Å². The average molecular weight is 514 g/mol. The Labute approximate surface area is 214 Å². The number of methoxy groups -OCH3 is 1. The van der Waals surface area contributed by atoms with Crippen molar-refractivity contribution < 1.29 is 19.0 Å². The SMILES string of the molecule is COCCOC1CCC(NC(=O)c2cc(-n3ccnc3)cc3cnn(COCC[Si](C)(C)C)c23)CC1. The van der Waals surface area contributed by atoms with E-state index in [-0.39, 0.29) is 18.1 Å². The van der Waals surface area contributed by atoms with Crippen molar-refractivity contribution in [3.63, 3.8) is 0 Å². The summed E-state index contributed by atoms with van der Waals surface area (Å²) in [6.45, 7) is 9.23. The molecule has 0 unspecified atom stereocenters. The highest BCUT2D eigenvalue weighted by Gasteiger charge is 2.25. The third-order valence-corrected chi connectivity index (χ3v) is 8.33. The van der Waals surface area contributed by atoms with Gasteiger partial charge in [0.05, 0.1) is 42.9 Å². The van der Waals surface area contributed by atoms with Crippen molar-refractivity contribution in [2.24, 2.45) is 0 Å². The van der Waals surface area contributed by atoms with Crippen LogP contribution in [0.3, 0.4) is 0 Å². The molecule has 0 atom stereocenters. The molecule has 3 aromatic rings. The molecule has 4 rings (SSSR count). The van der Waals surface area contributed by atoms with Crippen molar-refractivity contribution in [3.05, 3.63) is 42.6 Å². The molecule has 1 amide bonds. The van der Waals surface area contributed by atoms with Crippen molar-refractivity contribution in [2.45, 2.75) is 70.2 Å². The minimum atomic E-state index is -1.18. The van der Waals surface area contributed by atoms with Gasteiger partial charge in [-0.15, -0.1) is 0 Å². The number of nitrogens with one attached hydrogen (secondary N) is 1. The van der Waals surface area contributed by atoms with E-state index in [2.05, 4.69) is 35.0 Å². The zero-order chi connectivity index (χ0) is 25.5. The monoisotopic (exact) mass is 513 g/mol. The molecule has 0 spiro atoms. The predicted molar refractivity (Wildman–Crippen MR) is 142 cm³/mol. The van der Waals surface area contributed by atoms with Gasteiger partial charge in [0.15, 0.2) is 0 Å². The number of hydrogen-bond acceptors (Lipinski definition) is 6. The fourth-order valence-corrected chi connectivity index (χ4v) is 5.27. The van der Waals surface area contributed by atoms with Crippen LogP contribution in [0.25, 0.3) is 16.6 Å². The van der Waals surface area contributed by atoms with E-state index in [1.807, 2.05) is 22.9 Å². The first kappa shape index (κ1) is 26.5. The summed E-state index contributed by atoms with van der Waals surface area (Å²) in [4.78, 5) is 17.8. The number of fused-ring (bicyclic) bond motifs is 1. The maximum absolute atomic E-state index is 13.6. The molecule has 36 heavy (non-hydrogen) atoms. The van der Waals surface area contributed by atoms with Gasteiger partial charge in [0.2, 0.25) is 0 Å². The van der Waals surface area contributed by atoms with E-state index in [1.54, 1.807) is 30.5 Å². The Bertz CT molecular complexity index is 1120. The number of benzene rings is 1. The molecule has 1 fully saturated rings. The Hall–Kier alpha value is -2.53. The van der Waals surface area contributed by atoms with E-state index in [4.69, 9.17) is 14.2 Å². The molecule has 9 nitrogen and oxygen atoms in total. The minimum absolute atomic E-state index is 0.0884. The highest BCUT2D eigenvalue weighted by Crippen LogP contribution is 2.26. The lowest BCUT2D eigenvalue weighted by molar-refractivity contribution is -0.00408. The lowest BCUT2D eigenvalue weighted by Gasteiger charge is -2.29. The van der Waals surface area contributed by atoms with Crippen LogP contribution in [-0.2, 0) is 20.9 Å². The number of amides is 1. The number of carbonyl (C=O) groups is 1. The van der Waals surface area contributed by atoms with Crippen molar-refractivity contribution in [1.29, 1.82) is 0 Å². The van der Waals surface area contributed by atoms with Crippen LogP contribution >= 0.6 is 0 Å². The Balaban J connectivity index is 1.50. The Morgan fingerprint density at radius 2 is 1.94 bits per heavy atom. The van der Waals surface area contributed by atoms with Gasteiger partial charge in [-0.1, -0.05) is 19.6 Å². The van der Waals surface area contributed by atoms with E-state index in [1.165, 1.54) is 0 Å². The second-order valence-corrected chi connectivity index (χ2v) is 16.3. The molecular formula is C26H39N5O4Si. The average Bonchev–Trinajstić information content (AvgIpc) is 3.52. The molecule has 1 aliphatic carbocycles. The molecule has 0 saturated heterocycles. The van der Waals surface area contributed by atoms with Crippen molar-refractivity contribution >= 4 is 24.9 Å². The largest absolute Gasteiger partial charge is 0.382 e. The van der Waals surface area contributed by atoms with E-state index < -0.39 is 8.07 Å². The fourth-order valence-electron chi connectivity index (χ4n) is 4.51. The van der Waals surface area contributed by atoms with E-state index in [9.17, 15) is 4.79 Å². The van der Waals surface area contributed by atoms with Gasteiger partial charge in [-0.25, -0.2) is 9.67 Å². The third kappa shape index (κ3) is 7.03. The molecule has 196 valence electrons. The summed E-state index contributed by atoms with van der Waals surface area (Å²) in [5.74, 6) is -0.0884. The van der Waals surface area contributed by atoms with E-state index >= 15 is 0 Å². The number of hydrogen-bond donors (Lipinski definition) is 1. The normalized spacial score (nSPS) is 18.6. The van der Waals surface area contributed by atoms with Gasteiger partial charge in [0, 0.05) is 51.3 Å². The van der Waals surface area contributed by atoms with Crippen molar-refractivity contribution in [1.82, 2.24) is 24.6 Å². The summed E-state index contributed by atoms with van der Waals surface area (Å²) >= 11 is 0. The highest BCUT2D eigenvalue weighted by molar-refractivity contribution is 6.76. The molecule has 1 saturated carbocycles. The van der Waals surface area contributed by atoms with Gasteiger partial charge in [-0.05, 0) is 43.9 Å².